The number of rotatable bonds is 3. The van der Waals surface area contributed by atoms with Gasteiger partial charge in [0.1, 0.15) is 17.8 Å². The van der Waals surface area contributed by atoms with E-state index in [4.69, 9.17) is 23.1 Å². The Hall–Kier alpha value is -2.60. The van der Waals surface area contributed by atoms with E-state index >= 15 is 0 Å². The zero-order valence-corrected chi connectivity index (χ0v) is 13.5. The van der Waals surface area contributed by atoms with E-state index in [9.17, 15) is 4.79 Å². The minimum Gasteiger partial charge on any atom is -0.398 e. The maximum atomic E-state index is 13.0. The van der Waals surface area contributed by atoms with Crippen molar-refractivity contribution in [2.45, 2.75) is 19.9 Å². The molecule has 0 saturated heterocycles. The normalized spacial score (nSPS) is 11.3. The topological polar surface area (TPSA) is 99.8 Å². The fraction of sp³-hybridized carbons (Fsp3) is 0.188. The lowest BCUT2D eigenvalue weighted by molar-refractivity contribution is 0.104. The molecule has 2 heterocycles. The second kappa shape index (κ2) is 5.55. The van der Waals surface area contributed by atoms with Crippen molar-refractivity contribution < 1.29 is 4.79 Å². The van der Waals surface area contributed by atoms with E-state index in [1.54, 1.807) is 24.4 Å². The maximum Gasteiger partial charge on any atom is 0.196 e. The lowest BCUT2D eigenvalue weighted by Gasteiger charge is -2.07. The van der Waals surface area contributed by atoms with Crippen molar-refractivity contribution in [2.24, 2.45) is 0 Å². The molecule has 0 aliphatic rings. The van der Waals surface area contributed by atoms with Gasteiger partial charge in [-0.25, -0.2) is 9.97 Å². The van der Waals surface area contributed by atoms with Crippen LogP contribution in [-0.4, -0.2) is 20.3 Å². The average molecular weight is 330 g/mol. The van der Waals surface area contributed by atoms with Gasteiger partial charge in [-0.1, -0.05) is 17.7 Å². The molecule has 0 bridgehead atoms. The maximum absolute atomic E-state index is 13.0. The van der Waals surface area contributed by atoms with Crippen LogP contribution < -0.4 is 11.5 Å². The van der Waals surface area contributed by atoms with Gasteiger partial charge >= 0.3 is 0 Å². The Morgan fingerprint density at radius 3 is 2.65 bits per heavy atom. The van der Waals surface area contributed by atoms with E-state index < -0.39 is 0 Å². The molecule has 0 amide bonds. The predicted molar refractivity (Wildman–Crippen MR) is 91.6 cm³/mol. The number of ketones is 1. The number of aromatic nitrogens is 3. The molecule has 0 unspecified atom stereocenters. The highest BCUT2D eigenvalue weighted by Gasteiger charge is 2.23. The van der Waals surface area contributed by atoms with Crippen LogP contribution in [0.5, 0.6) is 0 Å². The first kappa shape index (κ1) is 15.3. The van der Waals surface area contributed by atoms with E-state index in [1.807, 2.05) is 18.4 Å². The lowest BCUT2D eigenvalue weighted by Crippen LogP contribution is -2.04. The number of hydrogen-bond donors (Lipinski definition) is 2. The number of carbonyl (C=O) groups excluding carboxylic acids is 1. The molecule has 23 heavy (non-hydrogen) atoms. The van der Waals surface area contributed by atoms with Crippen LogP contribution in [0.1, 0.15) is 35.8 Å². The van der Waals surface area contributed by atoms with Gasteiger partial charge in [-0.3, -0.25) is 4.79 Å². The van der Waals surface area contributed by atoms with Crippen molar-refractivity contribution >= 4 is 39.9 Å². The summed E-state index contributed by atoms with van der Waals surface area (Å²) in [4.78, 5) is 21.2. The Morgan fingerprint density at radius 2 is 1.96 bits per heavy atom. The summed E-state index contributed by atoms with van der Waals surface area (Å²) in [7, 11) is 0. The molecule has 7 heteroatoms. The summed E-state index contributed by atoms with van der Waals surface area (Å²) in [5.74, 6) is 0.00553. The van der Waals surface area contributed by atoms with E-state index in [0.717, 1.165) is 0 Å². The van der Waals surface area contributed by atoms with Crippen molar-refractivity contribution in [3.05, 3.63) is 46.9 Å². The van der Waals surface area contributed by atoms with E-state index in [1.165, 1.54) is 6.33 Å². The van der Waals surface area contributed by atoms with Gasteiger partial charge in [-0.05, 0) is 26.0 Å². The quantitative estimate of drug-likeness (QED) is 0.568. The largest absolute Gasteiger partial charge is 0.398 e. The molecule has 0 aliphatic carbocycles. The number of nitrogen functional groups attached to an aromatic ring is 2. The first-order valence-electron chi connectivity index (χ1n) is 7.11. The number of anilines is 2. The van der Waals surface area contributed by atoms with Gasteiger partial charge in [0.05, 0.1) is 21.7 Å². The van der Waals surface area contributed by atoms with Crippen LogP contribution in [0.3, 0.4) is 0 Å². The number of nitrogens with two attached hydrogens (primary N) is 2. The van der Waals surface area contributed by atoms with E-state index in [0.29, 0.717) is 27.8 Å². The monoisotopic (exact) mass is 329 g/mol. The molecule has 4 N–H and O–H groups in total. The number of carbonyl (C=O) groups is 1. The van der Waals surface area contributed by atoms with Crippen LogP contribution in [0.2, 0.25) is 5.02 Å². The van der Waals surface area contributed by atoms with Crippen LogP contribution in [0.4, 0.5) is 11.5 Å². The van der Waals surface area contributed by atoms with Crippen LogP contribution in [-0.2, 0) is 0 Å². The SMILES string of the molecule is CC(C)n1cc(C(=O)c2cccc(N)c2Cl)c2c(N)ncnc21. The van der Waals surface area contributed by atoms with Crippen molar-refractivity contribution in [1.29, 1.82) is 0 Å². The highest BCUT2D eigenvalue weighted by Crippen LogP contribution is 2.31. The summed E-state index contributed by atoms with van der Waals surface area (Å²) >= 11 is 6.18. The minimum atomic E-state index is -0.256. The Labute approximate surface area is 138 Å². The average Bonchev–Trinajstić information content (AvgIpc) is 2.90. The van der Waals surface area contributed by atoms with Crippen molar-refractivity contribution in [3.8, 4) is 0 Å². The third kappa shape index (κ3) is 2.41. The summed E-state index contributed by atoms with van der Waals surface area (Å²) < 4.78 is 1.89. The van der Waals surface area contributed by atoms with E-state index in [-0.39, 0.29) is 22.7 Å². The molecular weight excluding hydrogens is 314 g/mol. The summed E-state index contributed by atoms with van der Waals surface area (Å²) in [6, 6.07) is 5.09. The summed E-state index contributed by atoms with van der Waals surface area (Å²) in [5, 5.41) is 0.767. The number of benzene rings is 1. The molecule has 1 aromatic carbocycles. The molecule has 0 aliphatic heterocycles. The molecule has 0 saturated carbocycles. The molecule has 0 spiro atoms. The second-order valence-corrected chi connectivity index (χ2v) is 5.92. The number of nitrogens with zero attached hydrogens (tertiary/aromatic N) is 3. The van der Waals surface area contributed by atoms with Crippen molar-refractivity contribution in [3.63, 3.8) is 0 Å². The zero-order valence-electron chi connectivity index (χ0n) is 12.7. The highest BCUT2D eigenvalue weighted by molar-refractivity contribution is 6.37. The molecule has 3 aromatic rings. The predicted octanol–water partition coefficient (Wildman–Crippen LogP) is 3.06. The molecule has 2 aromatic heterocycles. The van der Waals surface area contributed by atoms with Crippen LogP contribution in [0, 0.1) is 0 Å². The summed E-state index contributed by atoms with van der Waals surface area (Å²) in [6.07, 6.45) is 3.13. The van der Waals surface area contributed by atoms with Crippen molar-refractivity contribution in [2.75, 3.05) is 11.5 Å². The third-order valence-corrected chi connectivity index (χ3v) is 4.13. The van der Waals surface area contributed by atoms with Crippen LogP contribution in [0.25, 0.3) is 11.0 Å². The van der Waals surface area contributed by atoms with E-state index in [2.05, 4.69) is 9.97 Å². The standard InChI is InChI=1S/C16H16ClN5O/c1-8(2)22-6-10(12-15(19)20-7-21-16(12)22)14(23)9-4-3-5-11(18)13(9)17/h3-8H,18H2,1-2H3,(H2,19,20,21). The van der Waals surface area contributed by atoms with Gasteiger partial charge in [0.25, 0.3) is 0 Å². The first-order valence-corrected chi connectivity index (χ1v) is 7.49. The Morgan fingerprint density at radius 1 is 1.22 bits per heavy atom. The van der Waals surface area contributed by atoms with Gasteiger partial charge in [0, 0.05) is 17.8 Å². The smallest absolute Gasteiger partial charge is 0.196 e. The Balaban J connectivity index is 2.28. The molecule has 0 radical (unpaired) electrons. The van der Waals surface area contributed by atoms with Gasteiger partial charge in [0.2, 0.25) is 0 Å². The highest BCUT2D eigenvalue weighted by atomic mass is 35.5. The molecule has 0 atom stereocenters. The fourth-order valence-electron chi connectivity index (χ4n) is 2.54. The first-order chi connectivity index (χ1) is 10.9. The lowest BCUT2D eigenvalue weighted by atomic mass is 10.0. The number of fused-ring (bicyclic) bond motifs is 1. The second-order valence-electron chi connectivity index (χ2n) is 5.54. The minimum absolute atomic E-state index is 0.115. The summed E-state index contributed by atoms with van der Waals surface area (Å²) in [6.45, 7) is 4.00. The Bertz CT molecular complexity index is 916. The fourth-order valence-corrected chi connectivity index (χ4v) is 2.76. The molecule has 6 nitrogen and oxygen atoms in total. The van der Waals surface area contributed by atoms with Gasteiger partial charge in [-0.2, -0.15) is 0 Å². The summed E-state index contributed by atoms with van der Waals surface area (Å²) in [5.41, 5.74) is 13.5. The van der Waals surface area contributed by atoms with Crippen LogP contribution in [0.15, 0.2) is 30.7 Å². The van der Waals surface area contributed by atoms with Gasteiger partial charge in [0.15, 0.2) is 5.78 Å². The zero-order chi connectivity index (χ0) is 16.7. The molecule has 118 valence electrons. The molecular formula is C16H16ClN5O. The third-order valence-electron chi connectivity index (χ3n) is 3.71. The van der Waals surface area contributed by atoms with Crippen molar-refractivity contribution in [1.82, 2.24) is 14.5 Å². The number of halogens is 1. The molecule has 3 rings (SSSR count). The number of hydrogen-bond acceptors (Lipinski definition) is 5. The molecule has 0 fully saturated rings. The van der Waals surface area contributed by atoms with Crippen LogP contribution >= 0.6 is 11.6 Å². The van der Waals surface area contributed by atoms with Gasteiger partial charge in [-0.15, -0.1) is 0 Å². The Kier molecular flexibility index (Phi) is 3.69. The van der Waals surface area contributed by atoms with Gasteiger partial charge < -0.3 is 16.0 Å².